The lowest BCUT2D eigenvalue weighted by Crippen LogP contribution is -2.17. The van der Waals surface area contributed by atoms with Gasteiger partial charge in [-0.2, -0.15) is 0 Å². The molecule has 0 saturated carbocycles. The fourth-order valence-electron chi connectivity index (χ4n) is 1.35. The number of anilines is 1. The van der Waals surface area contributed by atoms with Crippen molar-refractivity contribution in [1.82, 2.24) is 9.97 Å². The van der Waals surface area contributed by atoms with E-state index in [-0.39, 0.29) is 0 Å². The Labute approximate surface area is 125 Å². The Kier molecular flexibility index (Phi) is 4.41. The Balaban J connectivity index is 2.20. The maximum atomic E-state index is 5.94. The highest BCUT2D eigenvalue weighted by Crippen LogP contribution is 2.30. The van der Waals surface area contributed by atoms with Gasteiger partial charge in [0.1, 0.15) is 17.3 Å². The highest BCUT2D eigenvalue weighted by Gasteiger charge is 2.12. The zero-order valence-electron chi connectivity index (χ0n) is 8.82. The van der Waals surface area contributed by atoms with Crippen LogP contribution in [-0.4, -0.2) is 17.0 Å². The zero-order valence-corrected chi connectivity index (χ0v) is 13.6. The summed E-state index contributed by atoms with van der Waals surface area (Å²) in [5.74, 6) is 0.787. The Morgan fingerprint density at radius 2 is 2.18 bits per heavy atom. The lowest BCUT2D eigenvalue weighted by Gasteiger charge is -2.18. The number of rotatable bonds is 3. The molecule has 0 unspecified atom stereocenters. The van der Waals surface area contributed by atoms with Crippen molar-refractivity contribution in [2.24, 2.45) is 0 Å². The Bertz CT molecular complexity index is 532. The first-order valence-corrected chi connectivity index (χ1v) is 7.52. The Morgan fingerprint density at radius 3 is 2.82 bits per heavy atom. The minimum atomic E-state index is 0.425. The number of hydrogen-bond acceptors (Lipinski definition) is 4. The minimum absolute atomic E-state index is 0.425. The predicted molar refractivity (Wildman–Crippen MR) is 78.9 cm³/mol. The molecule has 3 nitrogen and oxygen atoms in total. The van der Waals surface area contributed by atoms with Crippen LogP contribution in [0.3, 0.4) is 0 Å². The van der Waals surface area contributed by atoms with Gasteiger partial charge in [0.05, 0.1) is 11.0 Å². The van der Waals surface area contributed by atoms with Gasteiger partial charge in [0.2, 0.25) is 0 Å². The fraction of sp³-hybridized carbons (Fsp3) is 0.200. The molecule has 0 bridgehead atoms. The molecule has 0 fully saturated rings. The molecule has 0 N–H and O–H groups in total. The molecule has 90 valence electrons. The fourth-order valence-corrected chi connectivity index (χ4v) is 3.49. The molecule has 2 aromatic rings. The van der Waals surface area contributed by atoms with Gasteiger partial charge in [0.25, 0.3) is 0 Å². The van der Waals surface area contributed by atoms with E-state index in [2.05, 4.69) is 53.3 Å². The van der Waals surface area contributed by atoms with E-state index < -0.39 is 0 Å². The second-order valence-electron chi connectivity index (χ2n) is 3.39. The van der Waals surface area contributed by atoms with Crippen LogP contribution in [-0.2, 0) is 6.54 Å². The third-order valence-corrected chi connectivity index (χ3v) is 5.03. The summed E-state index contributed by atoms with van der Waals surface area (Å²) >= 11 is 14.5. The Morgan fingerprint density at radius 1 is 1.41 bits per heavy atom. The number of aromatic nitrogens is 2. The molecule has 7 heteroatoms. The number of thiophene rings is 1. The quantitative estimate of drug-likeness (QED) is 0.721. The van der Waals surface area contributed by atoms with Gasteiger partial charge in [0.15, 0.2) is 0 Å². The van der Waals surface area contributed by atoms with Crippen molar-refractivity contribution in [3.05, 3.63) is 36.7 Å². The summed E-state index contributed by atoms with van der Waals surface area (Å²) in [5, 5.41) is 2.49. The smallest absolute Gasteiger partial charge is 0.148 e. The second kappa shape index (κ2) is 5.65. The van der Waals surface area contributed by atoms with Crippen molar-refractivity contribution in [2.45, 2.75) is 6.54 Å². The van der Waals surface area contributed by atoms with Crippen molar-refractivity contribution in [1.29, 1.82) is 0 Å². The summed E-state index contributed by atoms with van der Waals surface area (Å²) in [4.78, 5) is 11.4. The van der Waals surface area contributed by atoms with Crippen LogP contribution in [0.5, 0.6) is 0 Å². The maximum Gasteiger partial charge on any atom is 0.148 e. The average molecular weight is 398 g/mol. The van der Waals surface area contributed by atoms with Gasteiger partial charge in [-0.05, 0) is 37.9 Å². The number of nitrogens with zero attached hydrogens (tertiary/aromatic N) is 3. The first kappa shape index (κ1) is 13.3. The van der Waals surface area contributed by atoms with E-state index in [1.807, 2.05) is 11.9 Å². The topological polar surface area (TPSA) is 29.0 Å². The molecule has 0 aromatic carbocycles. The maximum absolute atomic E-state index is 5.94. The van der Waals surface area contributed by atoms with Crippen molar-refractivity contribution < 1.29 is 0 Å². The van der Waals surface area contributed by atoms with Gasteiger partial charge in [0, 0.05) is 21.8 Å². The molecule has 2 aromatic heterocycles. The van der Waals surface area contributed by atoms with Crippen molar-refractivity contribution in [2.75, 3.05) is 11.9 Å². The van der Waals surface area contributed by atoms with E-state index in [1.165, 1.54) is 11.2 Å². The van der Waals surface area contributed by atoms with Gasteiger partial charge in [-0.25, -0.2) is 9.97 Å². The monoisotopic (exact) mass is 395 g/mol. The van der Waals surface area contributed by atoms with Crippen LogP contribution < -0.4 is 4.90 Å². The molecule has 0 radical (unpaired) electrons. The molecule has 0 atom stereocenters. The highest BCUT2D eigenvalue weighted by atomic mass is 79.9. The van der Waals surface area contributed by atoms with Crippen LogP contribution in [0.1, 0.15) is 4.88 Å². The molecule has 0 saturated heterocycles. The molecule has 2 rings (SSSR count). The normalized spacial score (nSPS) is 10.6. The molecule has 0 aliphatic heterocycles. The summed E-state index contributed by atoms with van der Waals surface area (Å²) in [5.41, 5.74) is 0. The molecular formula is C10H8Br2ClN3S. The first-order valence-electron chi connectivity index (χ1n) is 4.68. The molecule has 0 amide bonds. The van der Waals surface area contributed by atoms with E-state index in [4.69, 9.17) is 11.6 Å². The molecule has 0 aliphatic rings. The SMILES string of the molecule is CN(Cc1cc(Br)cs1)c1ncnc(Cl)c1Br. The lowest BCUT2D eigenvalue weighted by molar-refractivity contribution is 0.899. The van der Waals surface area contributed by atoms with Crippen LogP contribution in [0.25, 0.3) is 0 Å². The second-order valence-corrected chi connectivity index (χ2v) is 6.45. The molecule has 17 heavy (non-hydrogen) atoms. The predicted octanol–water partition coefficient (Wildman–Crippen LogP) is 4.35. The lowest BCUT2D eigenvalue weighted by atomic mass is 10.4. The van der Waals surface area contributed by atoms with E-state index in [0.29, 0.717) is 5.15 Å². The van der Waals surface area contributed by atoms with Gasteiger partial charge in [-0.15, -0.1) is 11.3 Å². The van der Waals surface area contributed by atoms with Crippen LogP contribution in [0.2, 0.25) is 5.15 Å². The summed E-state index contributed by atoms with van der Waals surface area (Å²) < 4.78 is 1.82. The van der Waals surface area contributed by atoms with Crippen LogP contribution in [0.15, 0.2) is 26.7 Å². The van der Waals surface area contributed by atoms with Crippen LogP contribution >= 0.6 is 54.8 Å². The standard InChI is InChI=1S/C10H8Br2ClN3S/c1-16(3-7-2-6(11)4-17-7)10-8(12)9(13)14-5-15-10/h2,4-5H,3H2,1H3. The van der Waals surface area contributed by atoms with E-state index >= 15 is 0 Å². The van der Waals surface area contributed by atoms with Gasteiger partial charge in [-0.3, -0.25) is 0 Å². The van der Waals surface area contributed by atoms with Gasteiger partial charge < -0.3 is 4.90 Å². The zero-order chi connectivity index (χ0) is 12.4. The minimum Gasteiger partial charge on any atom is -0.353 e. The molecule has 0 aliphatic carbocycles. The average Bonchev–Trinajstić information content (AvgIpc) is 2.68. The molecular weight excluding hydrogens is 389 g/mol. The first-order chi connectivity index (χ1) is 8.08. The largest absolute Gasteiger partial charge is 0.353 e. The van der Waals surface area contributed by atoms with Crippen molar-refractivity contribution in [3.8, 4) is 0 Å². The third-order valence-electron chi connectivity index (χ3n) is 2.10. The van der Waals surface area contributed by atoms with Gasteiger partial charge in [-0.1, -0.05) is 11.6 Å². The van der Waals surface area contributed by atoms with Crippen molar-refractivity contribution >= 4 is 60.6 Å². The van der Waals surface area contributed by atoms with E-state index in [9.17, 15) is 0 Å². The van der Waals surface area contributed by atoms with E-state index in [0.717, 1.165) is 21.3 Å². The van der Waals surface area contributed by atoms with Gasteiger partial charge >= 0.3 is 0 Å². The summed E-state index contributed by atoms with van der Waals surface area (Å²) in [6.45, 7) is 0.780. The van der Waals surface area contributed by atoms with Crippen molar-refractivity contribution in [3.63, 3.8) is 0 Å². The highest BCUT2D eigenvalue weighted by molar-refractivity contribution is 9.11. The number of hydrogen-bond donors (Lipinski definition) is 0. The van der Waals surface area contributed by atoms with Crippen LogP contribution in [0, 0.1) is 0 Å². The van der Waals surface area contributed by atoms with Crippen LogP contribution in [0.4, 0.5) is 5.82 Å². The summed E-state index contributed by atoms with van der Waals surface area (Å²) in [6.07, 6.45) is 1.46. The Hall–Kier alpha value is -0.170. The number of halogens is 3. The molecule has 0 spiro atoms. The third kappa shape index (κ3) is 3.19. The summed E-state index contributed by atoms with van der Waals surface area (Å²) in [6, 6.07) is 2.10. The molecule has 2 heterocycles. The van der Waals surface area contributed by atoms with E-state index in [1.54, 1.807) is 11.3 Å². The summed E-state index contributed by atoms with van der Waals surface area (Å²) in [7, 11) is 1.97.